The summed E-state index contributed by atoms with van der Waals surface area (Å²) < 4.78 is 20.1. The van der Waals surface area contributed by atoms with Gasteiger partial charge in [-0.3, -0.25) is 9.69 Å². The number of amides is 1. The number of halogens is 1. The zero-order valence-corrected chi connectivity index (χ0v) is 18.4. The number of benzene rings is 2. The molecular formula is C26H33FN2O2. The summed E-state index contributed by atoms with van der Waals surface area (Å²) in [7, 11) is 0. The number of ether oxygens (including phenoxy) is 1. The van der Waals surface area contributed by atoms with Gasteiger partial charge < -0.3 is 10.1 Å². The van der Waals surface area contributed by atoms with Crippen molar-refractivity contribution in [1.82, 2.24) is 10.2 Å². The number of hydrogen-bond donors (Lipinski definition) is 1. The molecule has 2 aromatic carbocycles. The molecule has 1 fully saturated rings. The first-order valence-corrected chi connectivity index (χ1v) is 11.5. The topological polar surface area (TPSA) is 41.6 Å². The zero-order chi connectivity index (χ0) is 21.7. The second-order valence-electron chi connectivity index (χ2n) is 9.15. The summed E-state index contributed by atoms with van der Waals surface area (Å²) in [6.45, 7) is 4.71. The Morgan fingerprint density at radius 1 is 1.06 bits per heavy atom. The molecular weight excluding hydrogens is 391 g/mol. The second kappa shape index (κ2) is 9.82. The normalized spacial score (nSPS) is 22.5. The van der Waals surface area contributed by atoms with E-state index in [1.165, 1.54) is 11.6 Å². The lowest BCUT2D eigenvalue weighted by Gasteiger charge is -2.41. The van der Waals surface area contributed by atoms with Crippen molar-refractivity contribution in [2.75, 3.05) is 19.7 Å². The molecule has 0 bridgehead atoms. The summed E-state index contributed by atoms with van der Waals surface area (Å²) >= 11 is 0. The minimum atomic E-state index is -0.335. The smallest absolute Gasteiger partial charge is 0.226 e. The Morgan fingerprint density at radius 2 is 1.81 bits per heavy atom. The van der Waals surface area contributed by atoms with Gasteiger partial charge in [-0.25, -0.2) is 4.39 Å². The second-order valence-corrected chi connectivity index (χ2v) is 9.15. The van der Waals surface area contributed by atoms with Gasteiger partial charge in [-0.1, -0.05) is 42.8 Å². The first kappa shape index (κ1) is 21.8. The number of hydrogen-bond acceptors (Lipinski definition) is 3. The van der Waals surface area contributed by atoms with Crippen molar-refractivity contribution in [2.24, 2.45) is 5.41 Å². The van der Waals surface area contributed by atoms with Gasteiger partial charge in [0.2, 0.25) is 5.91 Å². The molecule has 0 saturated carbocycles. The van der Waals surface area contributed by atoms with Crippen LogP contribution in [0.15, 0.2) is 48.5 Å². The average molecular weight is 425 g/mol. The van der Waals surface area contributed by atoms with Crippen LogP contribution in [0.5, 0.6) is 5.75 Å². The number of rotatable bonds is 2. The van der Waals surface area contributed by atoms with Crippen LogP contribution in [-0.4, -0.2) is 36.5 Å². The summed E-state index contributed by atoms with van der Waals surface area (Å²) in [5.41, 5.74) is 1.64. The lowest BCUT2D eigenvalue weighted by atomic mass is 9.73. The summed E-state index contributed by atoms with van der Waals surface area (Å²) in [6, 6.07) is 15.1. The van der Waals surface area contributed by atoms with Crippen LogP contribution in [0.25, 0.3) is 0 Å². The van der Waals surface area contributed by atoms with Crippen molar-refractivity contribution in [1.29, 1.82) is 0 Å². The highest BCUT2D eigenvalue weighted by Gasteiger charge is 2.41. The molecule has 2 aliphatic rings. The Morgan fingerprint density at radius 3 is 2.61 bits per heavy atom. The Kier molecular flexibility index (Phi) is 6.91. The first-order chi connectivity index (χ1) is 15.1. The number of nitrogens with one attached hydrogen (secondary N) is 1. The Balaban J connectivity index is 1.43. The lowest BCUT2D eigenvalue weighted by molar-refractivity contribution is -0.135. The molecule has 1 spiro atoms. The number of para-hydroxylation sites is 1. The molecule has 4 rings (SSSR count). The molecule has 5 heteroatoms. The highest BCUT2D eigenvalue weighted by atomic mass is 19.1. The van der Waals surface area contributed by atoms with Crippen LogP contribution in [0.2, 0.25) is 0 Å². The van der Waals surface area contributed by atoms with Crippen LogP contribution in [0.4, 0.5) is 4.39 Å². The van der Waals surface area contributed by atoms with Crippen LogP contribution >= 0.6 is 0 Å². The number of likely N-dealkylation sites (tertiary alicyclic amines) is 1. The van der Waals surface area contributed by atoms with Gasteiger partial charge in [-0.15, -0.1) is 0 Å². The first-order valence-electron chi connectivity index (χ1n) is 11.5. The molecule has 2 heterocycles. The van der Waals surface area contributed by atoms with Gasteiger partial charge in [0.25, 0.3) is 0 Å². The van der Waals surface area contributed by atoms with Crippen molar-refractivity contribution in [2.45, 2.75) is 58.0 Å². The van der Waals surface area contributed by atoms with Crippen LogP contribution in [0.1, 0.15) is 50.2 Å². The Hall–Kier alpha value is -2.40. The van der Waals surface area contributed by atoms with E-state index < -0.39 is 0 Å². The fraction of sp³-hybridized carbons (Fsp3) is 0.500. The van der Waals surface area contributed by atoms with Crippen LogP contribution in [0, 0.1) is 11.2 Å². The minimum Gasteiger partial charge on any atom is -0.491 e. The fourth-order valence-corrected chi connectivity index (χ4v) is 4.86. The summed E-state index contributed by atoms with van der Waals surface area (Å²) in [5.74, 6) is 0.934. The number of fused-ring (bicyclic) bond motifs is 1. The third kappa shape index (κ3) is 5.27. The van der Waals surface area contributed by atoms with Crippen LogP contribution in [0.3, 0.4) is 0 Å². The van der Waals surface area contributed by atoms with Crippen LogP contribution < -0.4 is 10.1 Å². The predicted molar refractivity (Wildman–Crippen MR) is 120 cm³/mol. The molecule has 0 aliphatic carbocycles. The molecule has 1 N–H and O–H groups in total. The van der Waals surface area contributed by atoms with Crippen molar-refractivity contribution in [3.63, 3.8) is 0 Å². The van der Waals surface area contributed by atoms with E-state index in [9.17, 15) is 9.18 Å². The average Bonchev–Trinajstić information content (AvgIpc) is 2.78. The highest BCUT2D eigenvalue weighted by molar-refractivity contribution is 5.83. The van der Waals surface area contributed by atoms with Crippen molar-refractivity contribution >= 4 is 5.91 Å². The van der Waals surface area contributed by atoms with E-state index >= 15 is 0 Å². The fourth-order valence-electron chi connectivity index (χ4n) is 4.86. The van der Waals surface area contributed by atoms with Gasteiger partial charge in [0.05, 0.1) is 11.5 Å². The van der Waals surface area contributed by atoms with Gasteiger partial charge in [0.1, 0.15) is 18.2 Å². The standard InChI is InChI=1S/C26H33FN2O2/c1-20-19-31-24-12-5-3-8-21(24)9-6-7-13-26(25(30)28-20)14-16-29(17-15-26)18-22-10-2-4-11-23(22)27/h2-5,8,10-12,20H,6-7,9,13-19H2,1H3,(H,28,30)/t20-/m1/s1. The number of carbonyl (C=O) groups excluding carboxylic acids is 1. The maximum Gasteiger partial charge on any atom is 0.226 e. The third-order valence-electron chi connectivity index (χ3n) is 6.84. The number of nitrogens with zero attached hydrogens (tertiary/aromatic N) is 1. The Bertz CT molecular complexity index is 892. The highest BCUT2D eigenvalue weighted by Crippen LogP contribution is 2.38. The van der Waals surface area contributed by atoms with Gasteiger partial charge in [-0.05, 0) is 69.8 Å². The van der Waals surface area contributed by atoms with E-state index in [1.807, 2.05) is 31.2 Å². The Labute approximate surface area is 184 Å². The van der Waals surface area contributed by atoms with Crippen molar-refractivity contribution < 1.29 is 13.9 Å². The van der Waals surface area contributed by atoms with Gasteiger partial charge in [0, 0.05) is 12.1 Å². The van der Waals surface area contributed by atoms with Gasteiger partial charge >= 0.3 is 0 Å². The largest absolute Gasteiger partial charge is 0.491 e. The maximum atomic E-state index is 14.1. The van der Waals surface area contributed by atoms with Crippen molar-refractivity contribution in [3.8, 4) is 5.75 Å². The minimum absolute atomic E-state index is 0.0479. The monoisotopic (exact) mass is 424 g/mol. The summed E-state index contributed by atoms with van der Waals surface area (Å²) in [4.78, 5) is 15.6. The summed E-state index contributed by atoms with van der Waals surface area (Å²) in [6.07, 6.45) is 5.58. The quantitative estimate of drug-likeness (QED) is 0.759. The maximum absolute atomic E-state index is 14.1. The molecule has 0 radical (unpaired) electrons. The molecule has 1 saturated heterocycles. The number of aryl methyl sites for hydroxylation is 1. The molecule has 4 nitrogen and oxygen atoms in total. The molecule has 166 valence electrons. The molecule has 2 aromatic rings. The zero-order valence-electron chi connectivity index (χ0n) is 18.4. The van der Waals surface area contributed by atoms with E-state index in [2.05, 4.69) is 22.3 Å². The molecule has 0 aromatic heterocycles. The molecule has 31 heavy (non-hydrogen) atoms. The lowest BCUT2D eigenvalue weighted by Crippen LogP contribution is -2.51. The molecule has 2 aliphatic heterocycles. The van der Waals surface area contributed by atoms with E-state index in [4.69, 9.17) is 4.74 Å². The molecule has 1 amide bonds. The van der Waals surface area contributed by atoms with E-state index in [0.717, 1.165) is 62.9 Å². The number of carbonyl (C=O) groups is 1. The summed E-state index contributed by atoms with van der Waals surface area (Å²) in [5, 5.41) is 3.22. The molecule has 1 atom stereocenters. The molecule has 0 unspecified atom stereocenters. The predicted octanol–water partition coefficient (Wildman–Crippen LogP) is 4.72. The van der Waals surface area contributed by atoms with Gasteiger partial charge in [0.15, 0.2) is 0 Å². The van der Waals surface area contributed by atoms with Crippen LogP contribution in [-0.2, 0) is 17.8 Å². The van der Waals surface area contributed by atoms with Crippen molar-refractivity contribution in [3.05, 3.63) is 65.5 Å². The van der Waals surface area contributed by atoms with E-state index in [1.54, 1.807) is 6.07 Å². The SMILES string of the molecule is C[C@@H]1COc2ccccc2CCCCC2(CCN(Cc3ccccc3F)CC2)C(=O)N1. The third-order valence-corrected chi connectivity index (χ3v) is 6.84. The van der Waals surface area contributed by atoms with Gasteiger partial charge in [-0.2, -0.15) is 0 Å². The van der Waals surface area contributed by atoms with E-state index in [-0.39, 0.29) is 23.2 Å². The number of piperidine rings is 1. The van der Waals surface area contributed by atoms with E-state index in [0.29, 0.717) is 13.2 Å².